The lowest BCUT2D eigenvalue weighted by atomic mass is 10.2. The van der Waals surface area contributed by atoms with Gasteiger partial charge in [-0.1, -0.05) is 36.0 Å². The van der Waals surface area contributed by atoms with E-state index in [-0.39, 0.29) is 40.6 Å². The maximum absolute atomic E-state index is 12.5. The maximum atomic E-state index is 12.5. The van der Waals surface area contributed by atoms with Gasteiger partial charge in [0, 0.05) is 18.3 Å². The van der Waals surface area contributed by atoms with Gasteiger partial charge in [-0.2, -0.15) is 8.42 Å². The smallest absolute Gasteiger partial charge is 0.336 e. The molecule has 13 heteroatoms. The van der Waals surface area contributed by atoms with E-state index in [4.69, 9.17) is 27.9 Å². The molecule has 0 heterocycles. The second-order valence-corrected chi connectivity index (χ2v) is 8.97. The predicted octanol–water partition coefficient (Wildman–Crippen LogP) is 4.19. The Morgan fingerprint density at radius 1 is 1.03 bits per heavy atom. The monoisotopic (exact) mass is 507 g/mol. The van der Waals surface area contributed by atoms with Gasteiger partial charge in [0.25, 0.3) is 10.1 Å². The zero-order valence-corrected chi connectivity index (χ0v) is 19.6. The normalized spacial score (nSPS) is 11.0. The van der Waals surface area contributed by atoms with Gasteiger partial charge in [-0.05, 0) is 36.4 Å². The van der Waals surface area contributed by atoms with E-state index in [2.05, 4.69) is 27.6 Å². The number of ether oxygens (including phenoxy) is 1. The summed E-state index contributed by atoms with van der Waals surface area (Å²) in [4.78, 5) is 23.5. The van der Waals surface area contributed by atoms with Gasteiger partial charge in [-0.25, -0.2) is 9.10 Å². The first-order chi connectivity index (χ1) is 14.5. The summed E-state index contributed by atoms with van der Waals surface area (Å²) >= 11 is 16.5. The number of halogens is 2. The molecule has 2 rings (SSSR count). The van der Waals surface area contributed by atoms with Crippen LogP contribution in [0.5, 0.6) is 5.75 Å². The molecular formula is C18H19Cl2N3O6S2. The highest BCUT2D eigenvalue weighted by Gasteiger charge is 2.17. The van der Waals surface area contributed by atoms with Crippen molar-refractivity contribution in [3.8, 4) is 5.75 Å². The standard InChI is InChI=1S/C18H19Cl2N3O6S2/c1-11(24)21-12-3-5-13(6-4-12)22-18(25)23(30)14-9-15(19)17(16(20)10-14)28-7-8-29-31(2,26)27/h3-6,9-10,30H,7-8H2,1-2H3,(H,21,24)(H,22,25). The molecule has 0 aromatic heterocycles. The second kappa shape index (κ2) is 10.9. The number of nitrogens with one attached hydrogen (secondary N) is 2. The number of amides is 3. The van der Waals surface area contributed by atoms with Crippen molar-refractivity contribution >= 4 is 75.1 Å². The van der Waals surface area contributed by atoms with Crippen molar-refractivity contribution in [2.24, 2.45) is 0 Å². The van der Waals surface area contributed by atoms with Crippen LogP contribution < -0.4 is 19.7 Å². The molecular weight excluding hydrogens is 489 g/mol. The summed E-state index contributed by atoms with van der Waals surface area (Å²) in [6.45, 7) is 1.07. The van der Waals surface area contributed by atoms with Gasteiger partial charge in [0.05, 0.1) is 22.0 Å². The number of carbonyl (C=O) groups excluding carboxylic acids is 2. The predicted molar refractivity (Wildman–Crippen MR) is 124 cm³/mol. The van der Waals surface area contributed by atoms with Crippen LogP contribution in [0.2, 0.25) is 10.0 Å². The zero-order valence-electron chi connectivity index (χ0n) is 16.4. The number of anilines is 3. The van der Waals surface area contributed by atoms with E-state index in [1.807, 2.05) is 0 Å². The lowest BCUT2D eigenvalue weighted by Crippen LogP contribution is -2.26. The number of rotatable bonds is 8. The van der Waals surface area contributed by atoms with Gasteiger partial charge >= 0.3 is 6.03 Å². The van der Waals surface area contributed by atoms with E-state index in [1.54, 1.807) is 24.3 Å². The Kier molecular flexibility index (Phi) is 8.83. The van der Waals surface area contributed by atoms with Crippen molar-refractivity contribution in [3.05, 3.63) is 46.4 Å². The van der Waals surface area contributed by atoms with E-state index in [0.717, 1.165) is 10.6 Å². The first-order valence-corrected chi connectivity index (χ1v) is 11.6. The molecule has 31 heavy (non-hydrogen) atoms. The summed E-state index contributed by atoms with van der Waals surface area (Å²) in [7, 11) is -3.59. The SMILES string of the molecule is CC(=O)Nc1ccc(NC(=O)N(S)c2cc(Cl)c(OCCOS(C)(=O)=O)c(Cl)c2)cc1. The maximum Gasteiger partial charge on any atom is 0.336 e. The third kappa shape index (κ3) is 8.11. The molecule has 0 radical (unpaired) electrons. The van der Waals surface area contributed by atoms with Gasteiger partial charge in [0.2, 0.25) is 5.91 Å². The molecule has 0 unspecified atom stereocenters. The van der Waals surface area contributed by atoms with Crippen molar-refractivity contribution < 1.29 is 26.9 Å². The molecule has 0 spiro atoms. The Hall–Kier alpha value is -2.18. The molecule has 0 atom stereocenters. The van der Waals surface area contributed by atoms with Gasteiger partial charge in [-0.15, -0.1) is 0 Å². The third-order valence-corrected chi connectivity index (χ3v) is 5.07. The van der Waals surface area contributed by atoms with Gasteiger partial charge in [0.1, 0.15) is 13.2 Å². The largest absolute Gasteiger partial charge is 0.488 e. The summed E-state index contributed by atoms with van der Waals surface area (Å²) < 4.78 is 32.8. The first kappa shape index (κ1) is 25.1. The molecule has 9 nitrogen and oxygen atoms in total. The molecule has 2 aromatic carbocycles. The van der Waals surface area contributed by atoms with Crippen molar-refractivity contribution in [2.75, 3.05) is 34.4 Å². The van der Waals surface area contributed by atoms with Crippen LogP contribution in [0, 0.1) is 0 Å². The number of hydrogen-bond acceptors (Lipinski definition) is 7. The Morgan fingerprint density at radius 2 is 1.55 bits per heavy atom. The molecule has 0 saturated heterocycles. The van der Waals surface area contributed by atoms with Gasteiger partial charge < -0.3 is 15.4 Å². The first-order valence-electron chi connectivity index (χ1n) is 8.60. The average Bonchev–Trinajstić information content (AvgIpc) is 2.66. The fourth-order valence-corrected chi connectivity index (χ4v) is 3.39. The van der Waals surface area contributed by atoms with Crippen LogP contribution >= 0.6 is 36.0 Å². The molecule has 0 saturated carbocycles. The van der Waals surface area contributed by atoms with Crippen molar-refractivity contribution in [1.82, 2.24) is 0 Å². The molecule has 2 N–H and O–H groups in total. The fraction of sp³-hybridized carbons (Fsp3) is 0.222. The fourth-order valence-electron chi connectivity index (χ4n) is 2.27. The molecule has 0 aliphatic rings. The topological polar surface area (TPSA) is 114 Å². The van der Waals surface area contributed by atoms with Gasteiger partial charge in [0.15, 0.2) is 5.75 Å². The molecule has 168 valence electrons. The molecule has 0 aliphatic heterocycles. The van der Waals surface area contributed by atoms with Crippen molar-refractivity contribution in [1.29, 1.82) is 0 Å². The van der Waals surface area contributed by atoms with Crippen LogP contribution in [0.4, 0.5) is 21.9 Å². The molecule has 0 bridgehead atoms. The van der Waals surface area contributed by atoms with Crippen molar-refractivity contribution in [2.45, 2.75) is 6.92 Å². The number of thiol groups is 1. The lowest BCUT2D eigenvalue weighted by Gasteiger charge is -2.19. The Morgan fingerprint density at radius 3 is 2.03 bits per heavy atom. The quantitative estimate of drug-likeness (QED) is 0.280. The van der Waals surface area contributed by atoms with E-state index in [0.29, 0.717) is 11.4 Å². The minimum atomic E-state index is -3.59. The Balaban J connectivity index is 2.03. The minimum Gasteiger partial charge on any atom is -0.488 e. The minimum absolute atomic E-state index is 0.0911. The molecule has 3 amide bonds. The van der Waals surface area contributed by atoms with E-state index in [9.17, 15) is 18.0 Å². The average molecular weight is 508 g/mol. The lowest BCUT2D eigenvalue weighted by molar-refractivity contribution is -0.114. The van der Waals surface area contributed by atoms with Gasteiger partial charge in [-0.3, -0.25) is 8.98 Å². The van der Waals surface area contributed by atoms with Crippen LogP contribution in [0.25, 0.3) is 0 Å². The Bertz CT molecular complexity index is 1040. The number of nitrogens with zero attached hydrogens (tertiary/aromatic N) is 1. The number of carbonyl (C=O) groups is 2. The second-order valence-electron chi connectivity index (χ2n) is 6.11. The van der Waals surface area contributed by atoms with Crippen LogP contribution in [0.1, 0.15) is 6.92 Å². The number of benzene rings is 2. The number of urea groups is 1. The molecule has 2 aromatic rings. The zero-order chi connectivity index (χ0) is 23.2. The summed E-state index contributed by atoms with van der Waals surface area (Å²) in [6, 6.07) is 8.72. The summed E-state index contributed by atoms with van der Waals surface area (Å²) in [5.74, 6) is -0.0951. The van der Waals surface area contributed by atoms with E-state index < -0.39 is 16.1 Å². The third-order valence-electron chi connectivity index (χ3n) is 3.50. The van der Waals surface area contributed by atoms with Crippen LogP contribution in [-0.4, -0.2) is 39.8 Å². The molecule has 0 aliphatic carbocycles. The highest BCUT2D eigenvalue weighted by Crippen LogP contribution is 2.37. The Labute approximate surface area is 195 Å². The highest BCUT2D eigenvalue weighted by molar-refractivity contribution is 7.86. The summed E-state index contributed by atoms with van der Waals surface area (Å²) in [6.07, 6.45) is 0.922. The van der Waals surface area contributed by atoms with Crippen LogP contribution in [-0.2, 0) is 19.1 Å². The summed E-state index contributed by atoms with van der Waals surface area (Å²) in [5, 5.41) is 5.44. The number of hydrogen-bond donors (Lipinski definition) is 3. The van der Waals surface area contributed by atoms with E-state index in [1.165, 1.54) is 19.1 Å². The summed E-state index contributed by atoms with van der Waals surface area (Å²) in [5.41, 5.74) is 1.33. The van der Waals surface area contributed by atoms with E-state index >= 15 is 0 Å². The molecule has 0 fully saturated rings. The van der Waals surface area contributed by atoms with Crippen LogP contribution in [0.15, 0.2) is 36.4 Å². The van der Waals surface area contributed by atoms with Crippen LogP contribution in [0.3, 0.4) is 0 Å². The van der Waals surface area contributed by atoms with Crippen molar-refractivity contribution in [3.63, 3.8) is 0 Å². The highest BCUT2D eigenvalue weighted by atomic mass is 35.5.